The summed E-state index contributed by atoms with van der Waals surface area (Å²) >= 11 is 5.99. The fraction of sp³-hybridized carbons (Fsp3) is 0.278. The lowest BCUT2D eigenvalue weighted by Gasteiger charge is -2.11. The predicted molar refractivity (Wildman–Crippen MR) is 91.9 cm³/mol. The van der Waals surface area contributed by atoms with E-state index in [9.17, 15) is 4.39 Å². The number of aliphatic imine (C=N–C) groups is 1. The van der Waals surface area contributed by atoms with E-state index in [-0.39, 0.29) is 5.82 Å². The Balaban J connectivity index is 2.24. The van der Waals surface area contributed by atoms with Crippen molar-refractivity contribution in [3.8, 4) is 0 Å². The summed E-state index contributed by atoms with van der Waals surface area (Å²) in [6, 6.07) is 11.0. The summed E-state index contributed by atoms with van der Waals surface area (Å²) in [6.07, 6.45) is 2.30. The van der Waals surface area contributed by atoms with Crippen molar-refractivity contribution in [3.05, 3.63) is 63.9 Å². The van der Waals surface area contributed by atoms with Crippen LogP contribution in [0.2, 0.25) is 5.02 Å². The zero-order chi connectivity index (χ0) is 16.1. The zero-order valence-corrected chi connectivity index (χ0v) is 13.9. The van der Waals surface area contributed by atoms with E-state index < -0.39 is 0 Å². The molecule has 0 radical (unpaired) electrons. The lowest BCUT2D eigenvalue weighted by atomic mass is 10.00. The highest BCUT2D eigenvalue weighted by atomic mass is 35.5. The maximum Gasteiger partial charge on any atom is 0.149 e. The molecular formula is C18H20ClFN2. The van der Waals surface area contributed by atoms with Gasteiger partial charge in [0.05, 0.1) is 6.34 Å². The summed E-state index contributed by atoms with van der Waals surface area (Å²) < 4.78 is 14.2. The zero-order valence-electron chi connectivity index (χ0n) is 13.1. The molecule has 0 amide bonds. The fourth-order valence-corrected chi connectivity index (χ4v) is 2.32. The maximum atomic E-state index is 14.2. The minimum Gasteiger partial charge on any atom is -0.366 e. The molecule has 4 heteroatoms. The molecule has 2 aromatic rings. The number of rotatable bonds is 5. The number of benzene rings is 2. The molecule has 0 atom stereocenters. The van der Waals surface area contributed by atoms with Crippen molar-refractivity contribution in [3.63, 3.8) is 0 Å². The average molecular weight is 319 g/mol. The first kappa shape index (κ1) is 16.5. The van der Waals surface area contributed by atoms with Gasteiger partial charge in [-0.25, -0.2) is 9.38 Å². The van der Waals surface area contributed by atoms with Gasteiger partial charge in [-0.1, -0.05) is 23.7 Å². The Labute approximate surface area is 136 Å². The molecule has 0 aliphatic carbocycles. The van der Waals surface area contributed by atoms with Gasteiger partial charge >= 0.3 is 0 Å². The molecule has 0 aliphatic rings. The van der Waals surface area contributed by atoms with E-state index in [0.717, 1.165) is 23.2 Å². The lowest BCUT2D eigenvalue weighted by Crippen LogP contribution is -2.14. The summed E-state index contributed by atoms with van der Waals surface area (Å²) in [6.45, 7) is 4.82. The molecule has 22 heavy (non-hydrogen) atoms. The smallest absolute Gasteiger partial charge is 0.149 e. The summed E-state index contributed by atoms with van der Waals surface area (Å²) in [4.78, 5) is 6.10. The minimum absolute atomic E-state index is 0.302. The van der Waals surface area contributed by atoms with E-state index in [2.05, 4.69) is 4.99 Å². The standard InChI is InChI=1S/C18H20ClFN2/c1-4-22(3)12-21-18-8-13(2)15(11-17(18)20)9-14-6-5-7-16(19)10-14/h5-8,10-12H,4,9H2,1-3H3. The molecule has 2 rings (SSSR count). The van der Waals surface area contributed by atoms with Gasteiger partial charge in [0.2, 0.25) is 0 Å². The highest BCUT2D eigenvalue weighted by Crippen LogP contribution is 2.25. The van der Waals surface area contributed by atoms with Gasteiger partial charge in [-0.15, -0.1) is 0 Å². The molecule has 0 heterocycles. The maximum absolute atomic E-state index is 14.2. The Kier molecular flexibility index (Phi) is 5.56. The van der Waals surface area contributed by atoms with Crippen LogP contribution in [0.5, 0.6) is 0 Å². The minimum atomic E-state index is -0.302. The van der Waals surface area contributed by atoms with E-state index in [1.807, 2.05) is 50.1 Å². The third-order valence-corrected chi connectivity index (χ3v) is 3.82. The predicted octanol–water partition coefficient (Wildman–Crippen LogP) is 4.99. The third kappa shape index (κ3) is 4.31. The largest absolute Gasteiger partial charge is 0.366 e. The van der Waals surface area contributed by atoms with Crippen LogP contribution in [0.1, 0.15) is 23.6 Å². The average Bonchev–Trinajstić information content (AvgIpc) is 2.49. The first-order valence-corrected chi connectivity index (χ1v) is 7.65. The van der Waals surface area contributed by atoms with Crippen molar-refractivity contribution in [1.82, 2.24) is 4.90 Å². The van der Waals surface area contributed by atoms with Crippen molar-refractivity contribution in [2.45, 2.75) is 20.3 Å². The molecule has 116 valence electrons. The van der Waals surface area contributed by atoms with Gasteiger partial charge < -0.3 is 4.90 Å². The summed E-state index contributed by atoms with van der Waals surface area (Å²) in [5.41, 5.74) is 3.40. The van der Waals surface area contributed by atoms with Crippen LogP contribution in [0.4, 0.5) is 10.1 Å². The summed E-state index contributed by atoms with van der Waals surface area (Å²) in [5, 5.41) is 0.694. The molecule has 0 aliphatic heterocycles. The van der Waals surface area contributed by atoms with Crippen molar-refractivity contribution < 1.29 is 4.39 Å². The molecule has 0 spiro atoms. The normalized spacial score (nSPS) is 11.1. The molecule has 0 aromatic heterocycles. The van der Waals surface area contributed by atoms with Gasteiger partial charge in [0, 0.05) is 18.6 Å². The molecule has 2 nitrogen and oxygen atoms in total. The highest BCUT2D eigenvalue weighted by Gasteiger charge is 2.08. The second kappa shape index (κ2) is 7.41. The van der Waals surface area contributed by atoms with Gasteiger partial charge in [-0.3, -0.25) is 0 Å². The molecule has 0 bridgehead atoms. The Bertz CT molecular complexity index is 683. The first-order chi connectivity index (χ1) is 10.5. The molecule has 0 N–H and O–H groups in total. The number of aryl methyl sites for hydroxylation is 1. The lowest BCUT2D eigenvalue weighted by molar-refractivity contribution is 0.551. The Morgan fingerprint density at radius 2 is 2.05 bits per heavy atom. The molecule has 0 fully saturated rings. The first-order valence-electron chi connectivity index (χ1n) is 7.27. The summed E-state index contributed by atoms with van der Waals surface area (Å²) in [5.74, 6) is -0.302. The van der Waals surface area contributed by atoms with Gasteiger partial charge in [-0.2, -0.15) is 0 Å². The molecule has 0 unspecified atom stereocenters. The van der Waals surface area contributed by atoms with Gasteiger partial charge in [-0.05, 0) is 61.2 Å². The van der Waals surface area contributed by atoms with Gasteiger partial charge in [0.1, 0.15) is 11.5 Å². The second-order valence-electron chi connectivity index (χ2n) is 5.35. The monoisotopic (exact) mass is 318 g/mol. The van der Waals surface area contributed by atoms with Crippen LogP contribution in [0.3, 0.4) is 0 Å². The van der Waals surface area contributed by atoms with Crippen LogP contribution < -0.4 is 0 Å². The van der Waals surface area contributed by atoms with E-state index in [1.54, 1.807) is 18.5 Å². The highest BCUT2D eigenvalue weighted by molar-refractivity contribution is 6.30. The van der Waals surface area contributed by atoms with Crippen molar-refractivity contribution >= 4 is 23.6 Å². The van der Waals surface area contributed by atoms with E-state index in [0.29, 0.717) is 17.1 Å². The molecule has 2 aromatic carbocycles. The van der Waals surface area contributed by atoms with E-state index in [4.69, 9.17) is 11.6 Å². The van der Waals surface area contributed by atoms with Crippen LogP contribution in [-0.4, -0.2) is 24.8 Å². The number of nitrogens with zero attached hydrogens (tertiary/aromatic N) is 2. The van der Waals surface area contributed by atoms with Crippen molar-refractivity contribution in [1.29, 1.82) is 0 Å². The van der Waals surface area contributed by atoms with Crippen LogP contribution in [0, 0.1) is 12.7 Å². The van der Waals surface area contributed by atoms with E-state index >= 15 is 0 Å². The fourth-order valence-electron chi connectivity index (χ4n) is 2.11. The Morgan fingerprint density at radius 3 is 2.73 bits per heavy atom. The molecule has 0 saturated carbocycles. The SMILES string of the molecule is CCN(C)C=Nc1cc(C)c(Cc2cccc(Cl)c2)cc1F. The Morgan fingerprint density at radius 1 is 1.27 bits per heavy atom. The number of halogens is 2. The van der Waals surface area contributed by atoms with Crippen molar-refractivity contribution in [2.75, 3.05) is 13.6 Å². The van der Waals surface area contributed by atoms with Crippen molar-refractivity contribution in [2.24, 2.45) is 4.99 Å². The third-order valence-electron chi connectivity index (χ3n) is 3.58. The number of hydrogen-bond acceptors (Lipinski definition) is 1. The molecular weight excluding hydrogens is 299 g/mol. The summed E-state index contributed by atoms with van der Waals surface area (Å²) in [7, 11) is 1.90. The van der Waals surface area contributed by atoms with Gasteiger partial charge in [0.25, 0.3) is 0 Å². The second-order valence-corrected chi connectivity index (χ2v) is 5.79. The van der Waals surface area contributed by atoms with Crippen LogP contribution >= 0.6 is 11.6 Å². The van der Waals surface area contributed by atoms with Crippen LogP contribution in [0.25, 0.3) is 0 Å². The topological polar surface area (TPSA) is 15.6 Å². The Hall–Kier alpha value is -1.87. The van der Waals surface area contributed by atoms with Crippen LogP contribution in [-0.2, 0) is 6.42 Å². The molecule has 0 saturated heterocycles. The quantitative estimate of drug-likeness (QED) is 0.560. The number of hydrogen-bond donors (Lipinski definition) is 0. The van der Waals surface area contributed by atoms with E-state index in [1.165, 1.54) is 0 Å². The van der Waals surface area contributed by atoms with Crippen LogP contribution in [0.15, 0.2) is 41.4 Å². The van der Waals surface area contributed by atoms with Gasteiger partial charge in [0.15, 0.2) is 0 Å².